The number of carbonyl (C=O) groups excluding carboxylic acids is 3. The third-order valence-electron chi connectivity index (χ3n) is 7.99. The van der Waals surface area contributed by atoms with Crippen LogP contribution < -0.4 is 21.7 Å². The van der Waals surface area contributed by atoms with Crippen molar-refractivity contribution in [1.29, 1.82) is 0 Å². The summed E-state index contributed by atoms with van der Waals surface area (Å²) in [6, 6.07) is 16.1. The van der Waals surface area contributed by atoms with Crippen LogP contribution in [0.25, 0.3) is 0 Å². The van der Waals surface area contributed by atoms with E-state index in [4.69, 9.17) is 33.7 Å². The summed E-state index contributed by atoms with van der Waals surface area (Å²) in [7, 11) is 0. The number of amides is 3. The minimum atomic E-state index is -1.36. The largest absolute Gasteiger partial charge is 0.429 e. The van der Waals surface area contributed by atoms with Gasteiger partial charge in [0.2, 0.25) is 11.8 Å². The second-order valence-electron chi connectivity index (χ2n) is 12.2. The molecule has 2 heterocycles. The molecule has 226 valence electrons. The average molecular weight is 628 g/mol. The highest BCUT2D eigenvalue weighted by atomic mass is 35.5. The molecular formula is C32H33Cl2FN4O4. The first-order valence-corrected chi connectivity index (χ1v) is 14.7. The van der Waals surface area contributed by atoms with Crippen molar-refractivity contribution in [2.75, 3.05) is 10.6 Å². The molecule has 3 amide bonds. The molecule has 3 aromatic carbocycles. The van der Waals surface area contributed by atoms with Gasteiger partial charge in [0.1, 0.15) is 11.2 Å². The van der Waals surface area contributed by atoms with E-state index in [1.165, 1.54) is 6.07 Å². The van der Waals surface area contributed by atoms with Crippen LogP contribution in [-0.2, 0) is 26.2 Å². The highest BCUT2D eigenvalue weighted by molar-refractivity contribution is 6.31. The first kappa shape index (κ1) is 30.8. The summed E-state index contributed by atoms with van der Waals surface area (Å²) < 4.78 is 21.8. The van der Waals surface area contributed by atoms with Gasteiger partial charge in [0.25, 0.3) is 0 Å². The van der Waals surface area contributed by atoms with Crippen molar-refractivity contribution < 1.29 is 23.5 Å². The fourth-order valence-corrected chi connectivity index (χ4v) is 6.61. The van der Waals surface area contributed by atoms with Crippen LogP contribution in [0.1, 0.15) is 56.2 Å². The Labute approximate surface area is 259 Å². The molecule has 1 spiro atoms. The topological polar surface area (TPSA) is 123 Å². The minimum absolute atomic E-state index is 0.110. The molecule has 0 radical (unpaired) electrons. The molecule has 1 fully saturated rings. The third kappa shape index (κ3) is 6.07. The summed E-state index contributed by atoms with van der Waals surface area (Å²) in [5, 5.41) is 9.37. The fourth-order valence-electron chi connectivity index (χ4n) is 6.25. The Morgan fingerprint density at radius 3 is 2.49 bits per heavy atom. The summed E-state index contributed by atoms with van der Waals surface area (Å²) in [4.78, 5) is 38.5. The zero-order valence-electron chi connectivity index (χ0n) is 24.0. The molecule has 2 aliphatic rings. The number of aryl methyl sites for hydroxylation is 1. The van der Waals surface area contributed by atoms with Gasteiger partial charge in [-0.15, -0.1) is 0 Å². The van der Waals surface area contributed by atoms with Crippen LogP contribution in [0.3, 0.4) is 0 Å². The summed E-state index contributed by atoms with van der Waals surface area (Å²) in [5.41, 5.74) is 6.25. The van der Waals surface area contributed by atoms with Gasteiger partial charge in [-0.3, -0.25) is 20.2 Å². The van der Waals surface area contributed by atoms with E-state index in [-0.39, 0.29) is 28.3 Å². The van der Waals surface area contributed by atoms with E-state index in [1.54, 1.807) is 54.6 Å². The number of primary amides is 1. The van der Waals surface area contributed by atoms with E-state index in [1.807, 2.05) is 20.8 Å². The van der Waals surface area contributed by atoms with Crippen LogP contribution in [0.5, 0.6) is 0 Å². The first-order valence-electron chi connectivity index (χ1n) is 14.0. The number of hydrogen-bond donors (Lipinski definition) is 4. The maximum absolute atomic E-state index is 15.8. The number of hydrogen-bond acceptors (Lipinski definition) is 5. The Kier molecular flexibility index (Phi) is 8.44. The van der Waals surface area contributed by atoms with Gasteiger partial charge in [0.15, 0.2) is 6.23 Å². The Hall–Kier alpha value is -3.66. The Morgan fingerprint density at radius 2 is 1.81 bits per heavy atom. The maximum Gasteiger partial charge on any atom is 0.413 e. The molecule has 43 heavy (non-hydrogen) atoms. The van der Waals surface area contributed by atoms with Gasteiger partial charge in [-0.2, -0.15) is 0 Å². The number of anilines is 2. The molecule has 5 rings (SSSR count). The molecule has 2 aliphatic heterocycles. The van der Waals surface area contributed by atoms with E-state index in [2.05, 4.69) is 16.0 Å². The summed E-state index contributed by atoms with van der Waals surface area (Å²) >= 11 is 12.5. The van der Waals surface area contributed by atoms with Gasteiger partial charge in [-0.05, 0) is 65.3 Å². The van der Waals surface area contributed by atoms with Crippen molar-refractivity contribution in [3.63, 3.8) is 0 Å². The monoisotopic (exact) mass is 626 g/mol. The van der Waals surface area contributed by atoms with Crippen LogP contribution in [0.15, 0.2) is 60.7 Å². The zero-order chi connectivity index (χ0) is 31.1. The SMILES string of the molecule is CC(C)(C)C[C@@H]1N[C@H](OC(=O)Nc2ccc(CCC(N)=O)cc2)[C@H](c2cccc(Cl)c2F)[C@]12C(=O)Nc1cc(Cl)ccc12. The van der Waals surface area contributed by atoms with E-state index < -0.39 is 41.4 Å². The number of ether oxygens (including phenoxy) is 1. The highest BCUT2D eigenvalue weighted by Gasteiger charge is 2.66. The van der Waals surface area contributed by atoms with E-state index in [0.717, 1.165) is 5.56 Å². The lowest BCUT2D eigenvalue weighted by molar-refractivity contribution is -0.122. The molecular weight excluding hydrogens is 594 g/mol. The predicted octanol–water partition coefficient (Wildman–Crippen LogP) is 6.51. The van der Waals surface area contributed by atoms with Crippen molar-refractivity contribution in [1.82, 2.24) is 5.32 Å². The number of nitrogens with two attached hydrogens (primary N) is 1. The Bertz CT molecular complexity index is 1580. The number of nitrogens with one attached hydrogen (secondary N) is 3. The molecule has 4 atom stereocenters. The molecule has 0 saturated carbocycles. The average Bonchev–Trinajstić information content (AvgIpc) is 3.37. The molecule has 0 aliphatic carbocycles. The Balaban J connectivity index is 1.54. The van der Waals surface area contributed by atoms with Crippen LogP contribution >= 0.6 is 23.2 Å². The molecule has 5 N–H and O–H groups in total. The third-order valence-corrected chi connectivity index (χ3v) is 8.51. The zero-order valence-corrected chi connectivity index (χ0v) is 25.5. The molecule has 1 saturated heterocycles. The van der Waals surface area contributed by atoms with Gasteiger partial charge >= 0.3 is 6.09 Å². The van der Waals surface area contributed by atoms with Crippen LogP contribution in [0, 0.1) is 11.2 Å². The quantitative estimate of drug-likeness (QED) is 0.238. The van der Waals surface area contributed by atoms with Crippen molar-refractivity contribution in [2.24, 2.45) is 11.1 Å². The van der Waals surface area contributed by atoms with Gasteiger partial charge in [0, 0.05) is 28.9 Å². The summed E-state index contributed by atoms with van der Waals surface area (Å²) in [5.74, 6) is -2.43. The lowest BCUT2D eigenvalue weighted by Gasteiger charge is -2.37. The highest BCUT2D eigenvalue weighted by Crippen LogP contribution is 2.57. The summed E-state index contributed by atoms with van der Waals surface area (Å²) in [6.45, 7) is 6.13. The van der Waals surface area contributed by atoms with Gasteiger partial charge < -0.3 is 15.8 Å². The number of fused-ring (bicyclic) bond motifs is 2. The molecule has 0 bridgehead atoms. The van der Waals surface area contributed by atoms with Crippen molar-refractivity contribution in [3.05, 3.63) is 93.2 Å². The molecule has 0 unspecified atom stereocenters. The molecule has 3 aromatic rings. The van der Waals surface area contributed by atoms with Crippen LogP contribution in [-0.4, -0.2) is 30.2 Å². The van der Waals surface area contributed by atoms with E-state index in [9.17, 15) is 14.4 Å². The lowest BCUT2D eigenvalue weighted by Crippen LogP contribution is -2.49. The van der Waals surface area contributed by atoms with Gasteiger partial charge in [0.05, 0.1) is 10.9 Å². The lowest BCUT2D eigenvalue weighted by atomic mass is 9.63. The number of rotatable bonds is 7. The molecule has 0 aromatic heterocycles. The van der Waals surface area contributed by atoms with E-state index >= 15 is 4.39 Å². The summed E-state index contributed by atoms with van der Waals surface area (Å²) in [6.07, 6.45) is -0.719. The van der Waals surface area contributed by atoms with Gasteiger partial charge in [-0.1, -0.05) is 74.3 Å². The second-order valence-corrected chi connectivity index (χ2v) is 13.1. The molecule has 11 heteroatoms. The fraction of sp³-hybridized carbons (Fsp3) is 0.344. The predicted molar refractivity (Wildman–Crippen MR) is 165 cm³/mol. The minimum Gasteiger partial charge on any atom is -0.429 e. The first-order chi connectivity index (χ1) is 20.3. The normalized spacial score (nSPS) is 22.7. The number of benzene rings is 3. The molecule has 8 nitrogen and oxygen atoms in total. The standard InChI is InChI=1S/C32H33Cl2FN4O4/c1-31(2,3)16-24-32(21-13-10-18(33)15-23(21)38-29(32)41)26(20-5-4-6-22(34)27(20)35)28(39-24)43-30(42)37-19-11-7-17(8-12-19)9-14-25(36)40/h4-8,10-13,15,24,26,28,39H,9,14,16H2,1-3H3,(H2,36,40)(H,37,42)(H,38,41)/t24-,26-,28+,32+/m0/s1. The Morgan fingerprint density at radius 1 is 1.09 bits per heavy atom. The maximum atomic E-state index is 15.8. The van der Waals surface area contributed by atoms with Gasteiger partial charge in [-0.25, -0.2) is 9.18 Å². The van der Waals surface area contributed by atoms with Crippen molar-refractivity contribution in [2.45, 2.75) is 63.6 Å². The van der Waals surface area contributed by atoms with Crippen LogP contribution in [0.4, 0.5) is 20.6 Å². The van der Waals surface area contributed by atoms with Crippen molar-refractivity contribution in [3.8, 4) is 0 Å². The smallest absolute Gasteiger partial charge is 0.413 e. The number of carbonyl (C=O) groups is 3. The van der Waals surface area contributed by atoms with E-state index in [0.29, 0.717) is 34.8 Å². The van der Waals surface area contributed by atoms with Crippen molar-refractivity contribution >= 4 is 52.5 Å². The number of halogens is 3. The van der Waals surface area contributed by atoms with Crippen LogP contribution in [0.2, 0.25) is 10.0 Å². The second kappa shape index (κ2) is 11.8.